The Bertz CT molecular complexity index is 932. The molecule has 0 heterocycles. The van der Waals surface area contributed by atoms with E-state index in [-0.39, 0.29) is 5.69 Å². The second-order valence-electron chi connectivity index (χ2n) is 7.26. The highest BCUT2D eigenvalue weighted by molar-refractivity contribution is 5.97. The first-order valence-corrected chi connectivity index (χ1v) is 9.36. The van der Waals surface area contributed by atoms with Crippen LogP contribution in [0.15, 0.2) is 42.5 Å². The van der Waals surface area contributed by atoms with Crippen molar-refractivity contribution in [1.82, 2.24) is 0 Å². The Labute approximate surface area is 173 Å². The SMILES string of the molecule is CCC(C)c1ccc(OC[C@](C)(O)C(=O)Nc2ccc(C#N)c(C(F)(F)F)c2)cc1. The van der Waals surface area contributed by atoms with E-state index < -0.39 is 35.4 Å². The van der Waals surface area contributed by atoms with E-state index >= 15 is 0 Å². The highest BCUT2D eigenvalue weighted by atomic mass is 19.4. The van der Waals surface area contributed by atoms with E-state index in [1.54, 1.807) is 12.1 Å². The fourth-order valence-corrected chi connectivity index (χ4v) is 2.64. The van der Waals surface area contributed by atoms with Crippen LogP contribution in [0.2, 0.25) is 0 Å². The maximum absolute atomic E-state index is 13.1. The molecule has 0 aromatic heterocycles. The molecular formula is C22H23F3N2O3. The molecule has 0 spiro atoms. The van der Waals surface area contributed by atoms with Gasteiger partial charge in [-0.15, -0.1) is 0 Å². The molecule has 1 amide bonds. The van der Waals surface area contributed by atoms with Crippen LogP contribution in [0.1, 0.15) is 49.8 Å². The molecule has 2 aromatic rings. The molecular weight excluding hydrogens is 397 g/mol. The Hall–Kier alpha value is -3.05. The average molecular weight is 420 g/mol. The van der Waals surface area contributed by atoms with E-state index in [9.17, 15) is 23.1 Å². The van der Waals surface area contributed by atoms with Crippen molar-refractivity contribution in [2.45, 2.75) is 44.9 Å². The van der Waals surface area contributed by atoms with Crippen molar-refractivity contribution in [3.05, 3.63) is 59.2 Å². The van der Waals surface area contributed by atoms with Crippen molar-refractivity contribution in [1.29, 1.82) is 5.26 Å². The van der Waals surface area contributed by atoms with Gasteiger partial charge in [0.1, 0.15) is 12.4 Å². The summed E-state index contributed by atoms with van der Waals surface area (Å²) in [5.74, 6) is -0.0913. The molecule has 5 nitrogen and oxygen atoms in total. The lowest BCUT2D eigenvalue weighted by Crippen LogP contribution is -2.45. The van der Waals surface area contributed by atoms with Gasteiger partial charge in [-0.25, -0.2) is 0 Å². The molecule has 0 aliphatic heterocycles. The highest BCUT2D eigenvalue weighted by Crippen LogP contribution is 2.33. The summed E-state index contributed by atoms with van der Waals surface area (Å²) in [7, 11) is 0. The number of amides is 1. The molecule has 0 aliphatic carbocycles. The third-order valence-electron chi connectivity index (χ3n) is 4.77. The van der Waals surface area contributed by atoms with Gasteiger partial charge in [0.2, 0.25) is 0 Å². The summed E-state index contributed by atoms with van der Waals surface area (Å²) in [5, 5.41) is 21.5. The van der Waals surface area contributed by atoms with Gasteiger partial charge in [0, 0.05) is 5.69 Å². The van der Waals surface area contributed by atoms with E-state index in [2.05, 4.69) is 19.2 Å². The summed E-state index contributed by atoms with van der Waals surface area (Å²) in [6, 6.07) is 11.5. The molecule has 2 aromatic carbocycles. The second-order valence-corrected chi connectivity index (χ2v) is 7.26. The number of benzene rings is 2. The lowest BCUT2D eigenvalue weighted by Gasteiger charge is -2.23. The molecule has 0 radical (unpaired) electrons. The third kappa shape index (κ3) is 5.74. The van der Waals surface area contributed by atoms with Crippen LogP contribution < -0.4 is 10.1 Å². The van der Waals surface area contributed by atoms with Crippen LogP contribution in [0.3, 0.4) is 0 Å². The van der Waals surface area contributed by atoms with Crippen LogP contribution >= 0.6 is 0 Å². The van der Waals surface area contributed by atoms with Gasteiger partial charge in [-0.2, -0.15) is 18.4 Å². The quantitative estimate of drug-likeness (QED) is 0.670. The lowest BCUT2D eigenvalue weighted by atomic mass is 9.99. The summed E-state index contributed by atoms with van der Waals surface area (Å²) in [6.45, 7) is 4.98. The Balaban J connectivity index is 2.06. The maximum Gasteiger partial charge on any atom is 0.417 e. The number of halogens is 3. The molecule has 2 N–H and O–H groups in total. The Morgan fingerprint density at radius 1 is 1.23 bits per heavy atom. The maximum atomic E-state index is 13.1. The van der Waals surface area contributed by atoms with Gasteiger partial charge in [-0.3, -0.25) is 4.79 Å². The number of nitrogens with zero attached hydrogens (tertiary/aromatic N) is 1. The Morgan fingerprint density at radius 2 is 1.87 bits per heavy atom. The summed E-state index contributed by atoms with van der Waals surface area (Å²) >= 11 is 0. The smallest absolute Gasteiger partial charge is 0.417 e. The molecule has 0 saturated heterocycles. The van der Waals surface area contributed by atoms with Gasteiger partial charge in [-0.05, 0) is 55.2 Å². The molecule has 160 valence electrons. The molecule has 30 heavy (non-hydrogen) atoms. The summed E-state index contributed by atoms with van der Waals surface area (Å²) < 4.78 is 44.7. The van der Waals surface area contributed by atoms with E-state index in [0.717, 1.165) is 24.1 Å². The normalized spacial score (nSPS) is 14.3. The molecule has 2 rings (SSSR count). The average Bonchev–Trinajstić information content (AvgIpc) is 2.71. The molecule has 0 fully saturated rings. The molecule has 8 heteroatoms. The van der Waals surface area contributed by atoms with E-state index in [1.807, 2.05) is 12.1 Å². The standard InChI is InChI=1S/C22H23F3N2O3/c1-4-14(2)15-6-9-18(10-7-15)30-13-21(3,29)20(28)27-17-8-5-16(12-26)19(11-17)22(23,24)25/h5-11,14,29H,4,13H2,1-3H3,(H,27,28)/t14?,21-/m0/s1. The summed E-state index contributed by atoms with van der Waals surface area (Å²) in [5.41, 5.74) is -2.78. The van der Waals surface area contributed by atoms with Crippen LogP contribution in [-0.4, -0.2) is 23.2 Å². The lowest BCUT2D eigenvalue weighted by molar-refractivity contribution is -0.138. The van der Waals surface area contributed by atoms with Gasteiger partial charge in [0.05, 0.1) is 17.2 Å². The zero-order chi connectivity index (χ0) is 22.5. The molecule has 2 atom stereocenters. The first-order valence-electron chi connectivity index (χ1n) is 9.36. The highest BCUT2D eigenvalue weighted by Gasteiger charge is 2.35. The van der Waals surface area contributed by atoms with Gasteiger partial charge >= 0.3 is 6.18 Å². The minimum atomic E-state index is -4.75. The van der Waals surface area contributed by atoms with Crippen LogP contribution in [0.4, 0.5) is 18.9 Å². The molecule has 0 aliphatic rings. The predicted molar refractivity (Wildman–Crippen MR) is 106 cm³/mol. The summed E-state index contributed by atoms with van der Waals surface area (Å²) in [4.78, 5) is 12.4. The molecule has 0 saturated carbocycles. The first-order chi connectivity index (χ1) is 14.0. The van der Waals surface area contributed by atoms with E-state index in [4.69, 9.17) is 10.00 Å². The fraction of sp³-hybridized carbons (Fsp3) is 0.364. The Kier molecular flexibility index (Phi) is 7.11. The van der Waals surface area contributed by atoms with Crippen LogP contribution in [-0.2, 0) is 11.0 Å². The number of hydrogen-bond donors (Lipinski definition) is 2. The predicted octanol–water partition coefficient (Wildman–Crippen LogP) is 4.86. The summed E-state index contributed by atoms with van der Waals surface area (Å²) in [6.07, 6.45) is -3.76. The number of nitriles is 1. The number of carbonyl (C=O) groups is 1. The minimum Gasteiger partial charge on any atom is -0.490 e. The van der Waals surface area contributed by atoms with Crippen LogP contribution in [0, 0.1) is 11.3 Å². The van der Waals surface area contributed by atoms with Gasteiger partial charge in [-0.1, -0.05) is 26.0 Å². The van der Waals surface area contributed by atoms with Gasteiger partial charge in [0.15, 0.2) is 5.60 Å². The minimum absolute atomic E-state index is 0.190. The van der Waals surface area contributed by atoms with E-state index in [1.165, 1.54) is 13.0 Å². The monoisotopic (exact) mass is 420 g/mol. The van der Waals surface area contributed by atoms with Crippen molar-refractivity contribution in [2.24, 2.45) is 0 Å². The zero-order valence-corrected chi connectivity index (χ0v) is 16.9. The number of carbonyl (C=O) groups excluding carboxylic acids is 1. The number of rotatable bonds is 7. The molecule has 0 bridgehead atoms. The van der Waals surface area contributed by atoms with Gasteiger partial charge < -0.3 is 15.2 Å². The first kappa shape index (κ1) is 23.2. The van der Waals surface area contributed by atoms with Gasteiger partial charge in [0.25, 0.3) is 5.91 Å². The zero-order valence-electron chi connectivity index (χ0n) is 16.9. The topological polar surface area (TPSA) is 82.3 Å². The number of anilines is 1. The van der Waals surface area contributed by atoms with Crippen molar-refractivity contribution in [2.75, 3.05) is 11.9 Å². The number of nitrogens with one attached hydrogen (secondary N) is 1. The number of alkyl halides is 3. The number of aliphatic hydroxyl groups is 1. The van der Waals surface area contributed by atoms with Crippen molar-refractivity contribution in [3.63, 3.8) is 0 Å². The largest absolute Gasteiger partial charge is 0.490 e. The van der Waals surface area contributed by atoms with Crippen LogP contribution in [0.25, 0.3) is 0 Å². The molecule has 1 unspecified atom stereocenters. The van der Waals surface area contributed by atoms with Crippen molar-refractivity contribution >= 4 is 11.6 Å². The number of hydrogen-bond acceptors (Lipinski definition) is 4. The fourth-order valence-electron chi connectivity index (χ4n) is 2.64. The van der Waals surface area contributed by atoms with Crippen LogP contribution in [0.5, 0.6) is 5.75 Å². The number of ether oxygens (including phenoxy) is 1. The van der Waals surface area contributed by atoms with Crippen molar-refractivity contribution in [3.8, 4) is 11.8 Å². The Morgan fingerprint density at radius 3 is 2.40 bits per heavy atom. The van der Waals surface area contributed by atoms with Crippen molar-refractivity contribution < 1.29 is 27.8 Å². The van der Waals surface area contributed by atoms with E-state index in [0.29, 0.717) is 17.7 Å². The second kappa shape index (κ2) is 9.18. The third-order valence-corrected chi connectivity index (χ3v) is 4.77.